The summed E-state index contributed by atoms with van der Waals surface area (Å²) in [6, 6.07) is 9.23. The first kappa shape index (κ1) is 15.3. The van der Waals surface area contributed by atoms with E-state index in [0.717, 1.165) is 15.8 Å². The Kier molecular flexibility index (Phi) is 3.56. The number of aromatic nitrogens is 1. The molecule has 2 aromatic carbocycles. The first-order valence-electron chi connectivity index (χ1n) is 8.13. The zero-order valence-electron chi connectivity index (χ0n) is 13.6. The van der Waals surface area contributed by atoms with E-state index in [9.17, 15) is 4.79 Å². The fourth-order valence-electron chi connectivity index (χ4n) is 2.92. The topological polar surface area (TPSA) is 78.9 Å². The lowest BCUT2D eigenvalue weighted by Crippen LogP contribution is -2.15. The predicted octanol–water partition coefficient (Wildman–Crippen LogP) is 2.98. The summed E-state index contributed by atoms with van der Waals surface area (Å²) < 4.78 is 22.7. The number of hydrogen-bond donors (Lipinski definition) is 1. The Morgan fingerprint density at radius 2 is 1.77 bits per heavy atom. The molecule has 2 aliphatic rings. The van der Waals surface area contributed by atoms with Crippen LogP contribution in [0.4, 0.5) is 5.13 Å². The van der Waals surface area contributed by atoms with Crippen LogP contribution in [0, 0.1) is 0 Å². The number of rotatable bonds is 3. The van der Waals surface area contributed by atoms with Crippen molar-refractivity contribution in [3.63, 3.8) is 0 Å². The first-order valence-corrected chi connectivity index (χ1v) is 8.95. The summed E-state index contributed by atoms with van der Waals surface area (Å²) in [6.45, 7) is 1.28. The molecule has 1 N–H and O–H groups in total. The van der Waals surface area contributed by atoms with Crippen LogP contribution in [-0.4, -0.2) is 30.9 Å². The molecular weight excluding hydrogens is 356 g/mol. The van der Waals surface area contributed by atoms with Crippen LogP contribution in [0.1, 0.15) is 5.56 Å². The van der Waals surface area contributed by atoms with Crippen LogP contribution in [0.2, 0.25) is 0 Å². The maximum atomic E-state index is 12.3. The van der Waals surface area contributed by atoms with Crippen LogP contribution < -0.4 is 24.3 Å². The van der Waals surface area contributed by atoms with E-state index in [1.54, 1.807) is 0 Å². The van der Waals surface area contributed by atoms with Crippen LogP contribution in [0.5, 0.6) is 23.0 Å². The summed E-state index contributed by atoms with van der Waals surface area (Å²) in [4.78, 5) is 16.8. The van der Waals surface area contributed by atoms with Crippen LogP contribution >= 0.6 is 11.3 Å². The van der Waals surface area contributed by atoms with E-state index in [1.807, 2.05) is 30.3 Å². The molecule has 5 rings (SSSR count). The minimum atomic E-state index is -0.139. The Morgan fingerprint density at radius 3 is 2.65 bits per heavy atom. The third kappa shape index (κ3) is 2.78. The van der Waals surface area contributed by atoms with Gasteiger partial charge in [-0.15, -0.1) is 0 Å². The summed E-state index contributed by atoms with van der Waals surface area (Å²) in [5, 5.41) is 3.40. The van der Waals surface area contributed by atoms with E-state index >= 15 is 0 Å². The molecule has 2 aliphatic heterocycles. The van der Waals surface area contributed by atoms with Crippen molar-refractivity contribution in [3.8, 4) is 23.0 Å². The first-order chi connectivity index (χ1) is 12.7. The van der Waals surface area contributed by atoms with E-state index in [-0.39, 0.29) is 19.1 Å². The Hall–Kier alpha value is -3.00. The van der Waals surface area contributed by atoms with Crippen molar-refractivity contribution in [2.45, 2.75) is 6.42 Å². The minimum Gasteiger partial charge on any atom is -0.486 e. The Morgan fingerprint density at radius 1 is 1.00 bits per heavy atom. The zero-order valence-corrected chi connectivity index (χ0v) is 14.4. The van der Waals surface area contributed by atoms with Gasteiger partial charge < -0.3 is 24.3 Å². The number of anilines is 1. The Balaban J connectivity index is 1.33. The Labute approximate surface area is 152 Å². The SMILES string of the molecule is O=C(Cc1ccc2c(c1)OCO2)Nc1nc2cc3c(cc2s1)OCCO3. The van der Waals surface area contributed by atoms with Gasteiger partial charge >= 0.3 is 0 Å². The second kappa shape index (κ2) is 6.06. The largest absolute Gasteiger partial charge is 0.486 e. The number of nitrogens with zero attached hydrogens (tertiary/aromatic N) is 1. The summed E-state index contributed by atoms with van der Waals surface area (Å²) in [5.74, 6) is 2.63. The molecule has 0 saturated carbocycles. The molecule has 0 aliphatic carbocycles. The number of nitrogens with one attached hydrogen (secondary N) is 1. The van der Waals surface area contributed by atoms with Gasteiger partial charge in [0.15, 0.2) is 28.1 Å². The lowest BCUT2D eigenvalue weighted by Gasteiger charge is -2.17. The molecule has 0 fully saturated rings. The van der Waals surface area contributed by atoms with E-state index in [2.05, 4.69) is 10.3 Å². The lowest BCUT2D eigenvalue weighted by atomic mass is 10.1. The fourth-order valence-corrected chi connectivity index (χ4v) is 3.81. The van der Waals surface area contributed by atoms with Crippen molar-refractivity contribution in [1.82, 2.24) is 4.98 Å². The van der Waals surface area contributed by atoms with Gasteiger partial charge in [0.25, 0.3) is 0 Å². The highest BCUT2D eigenvalue weighted by atomic mass is 32.1. The number of fused-ring (bicyclic) bond motifs is 3. The lowest BCUT2D eigenvalue weighted by molar-refractivity contribution is -0.115. The van der Waals surface area contributed by atoms with Crippen molar-refractivity contribution in [3.05, 3.63) is 35.9 Å². The van der Waals surface area contributed by atoms with Gasteiger partial charge in [-0.3, -0.25) is 4.79 Å². The maximum absolute atomic E-state index is 12.3. The van der Waals surface area contributed by atoms with Crippen LogP contribution in [0.25, 0.3) is 10.2 Å². The molecule has 3 heterocycles. The second-order valence-electron chi connectivity index (χ2n) is 5.90. The molecule has 0 spiro atoms. The molecule has 132 valence electrons. The highest BCUT2D eigenvalue weighted by Gasteiger charge is 2.17. The molecule has 0 atom stereocenters. The minimum absolute atomic E-state index is 0.139. The average molecular weight is 370 g/mol. The van der Waals surface area contributed by atoms with Crippen molar-refractivity contribution >= 4 is 32.6 Å². The van der Waals surface area contributed by atoms with Gasteiger partial charge in [0.1, 0.15) is 13.2 Å². The standard InChI is InChI=1S/C18H14N2O5S/c21-17(6-10-1-2-12-13(5-10)25-9-24-12)20-18-19-11-7-14-15(8-16(11)26-18)23-4-3-22-14/h1-2,5,7-8H,3-4,6,9H2,(H,19,20,21). The van der Waals surface area contributed by atoms with Crippen molar-refractivity contribution < 1.29 is 23.7 Å². The number of hydrogen-bond acceptors (Lipinski definition) is 7. The van der Waals surface area contributed by atoms with Crippen molar-refractivity contribution in [1.29, 1.82) is 0 Å². The third-order valence-corrected chi connectivity index (χ3v) is 5.03. The molecule has 1 amide bonds. The molecule has 8 heteroatoms. The Bertz CT molecular complexity index is 973. The molecular formula is C18H14N2O5S. The van der Waals surface area contributed by atoms with Crippen molar-refractivity contribution in [2.24, 2.45) is 0 Å². The van der Waals surface area contributed by atoms with E-state index in [1.165, 1.54) is 11.3 Å². The summed E-state index contributed by atoms with van der Waals surface area (Å²) >= 11 is 1.41. The number of ether oxygens (including phenoxy) is 4. The average Bonchev–Trinajstić information content (AvgIpc) is 3.24. The molecule has 0 bridgehead atoms. The van der Waals surface area contributed by atoms with Crippen LogP contribution in [-0.2, 0) is 11.2 Å². The highest BCUT2D eigenvalue weighted by molar-refractivity contribution is 7.22. The molecule has 0 saturated heterocycles. The van der Waals surface area contributed by atoms with Gasteiger partial charge in [0.05, 0.1) is 16.6 Å². The van der Waals surface area contributed by atoms with Crippen LogP contribution in [0.3, 0.4) is 0 Å². The molecule has 26 heavy (non-hydrogen) atoms. The van der Waals surface area contributed by atoms with Crippen LogP contribution in [0.15, 0.2) is 30.3 Å². The van der Waals surface area contributed by atoms with E-state index < -0.39 is 0 Å². The number of carbonyl (C=O) groups excluding carboxylic acids is 1. The number of thiazole rings is 1. The fraction of sp³-hybridized carbons (Fsp3) is 0.222. The summed E-state index contributed by atoms with van der Waals surface area (Å²) in [5.41, 5.74) is 1.63. The second-order valence-corrected chi connectivity index (χ2v) is 6.93. The molecule has 0 radical (unpaired) electrons. The van der Waals surface area contributed by atoms with Gasteiger partial charge in [-0.05, 0) is 17.7 Å². The predicted molar refractivity (Wildman–Crippen MR) is 95.5 cm³/mol. The van der Waals surface area contributed by atoms with Gasteiger partial charge in [-0.25, -0.2) is 4.98 Å². The number of amides is 1. The summed E-state index contributed by atoms with van der Waals surface area (Å²) in [6.07, 6.45) is 0.231. The molecule has 1 aromatic heterocycles. The molecule has 7 nitrogen and oxygen atoms in total. The van der Waals surface area contributed by atoms with Gasteiger partial charge in [0, 0.05) is 12.1 Å². The van der Waals surface area contributed by atoms with Crippen molar-refractivity contribution in [2.75, 3.05) is 25.3 Å². The van der Waals surface area contributed by atoms with E-state index in [4.69, 9.17) is 18.9 Å². The normalized spacial score (nSPS) is 14.5. The maximum Gasteiger partial charge on any atom is 0.231 e. The summed E-state index contributed by atoms with van der Waals surface area (Å²) in [7, 11) is 0. The number of benzene rings is 2. The van der Waals surface area contributed by atoms with Gasteiger partial charge in [-0.2, -0.15) is 0 Å². The quantitative estimate of drug-likeness (QED) is 0.764. The monoisotopic (exact) mass is 370 g/mol. The van der Waals surface area contributed by atoms with Gasteiger partial charge in [-0.1, -0.05) is 17.4 Å². The highest BCUT2D eigenvalue weighted by Crippen LogP contribution is 2.38. The third-order valence-electron chi connectivity index (χ3n) is 4.10. The molecule has 3 aromatic rings. The number of carbonyl (C=O) groups is 1. The molecule has 0 unspecified atom stereocenters. The smallest absolute Gasteiger partial charge is 0.231 e. The zero-order chi connectivity index (χ0) is 17.5. The van der Waals surface area contributed by atoms with Gasteiger partial charge in [0.2, 0.25) is 12.7 Å². The van der Waals surface area contributed by atoms with E-state index in [0.29, 0.717) is 41.3 Å².